The first-order chi connectivity index (χ1) is 8.29. The molecule has 1 fully saturated rings. The van der Waals surface area contributed by atoms with Gasteiger partial charge in [0.25, 0.3) is 0 Å². The van der Waals surface area contributed by atoms with Crippen LogP contribution in [0.15, 0.2) is 22.7 Å². The molecule has 0 aliphatic carbocycles. The van der Waals surface area contributed by atoms with Gasteiger partial charge in [0, 0.05) is 17.4 Å². The summed E-state index contributed by atoms with van der Waals surface area (Å²) >= 11 is 8.79. The molecule has 1 amide bonds. The summed E-state index contributed by atoms with van der Waals surface area (Å²) in [7, 11) is 0. The van der Waals surface area contributed by atoms with Gasteiger partial charge in [0.05, 0.1) is 16.6 Å². The summed E-state index contributed by atoms with van der Waals surface area (Å²) in [6, 6.07) is 3.71. The molecule has 1 heterocycles. The second-order valence-electron chi connectivity index (χ2n) is 3.96. The van der Waals surface area contributed by atoms with E-state index in [1.807, 2.05) is 0 Å². The van der Waals surface area contributed by atoms with Crippen LogP contribution in [-0.2, 0) is 11.0 Å². The number of alkyl halides is 4. The lowest BCUT2D eigenvalue weighted by atomic mass is 10.1. The Bertz CT molecular complexity index is 492. The van der Waals surface area contributed by atoms with Crippen LogP contribution >= 0.6 is 27.5 Å². The normalized spacial score (nSPS) is 20.6. The van der Waals surface area contributed by atoms with E-state index in [0.717, 1.165) is 11.0 Å². The zero-order valence-corrected chi connectivity index (χ0v) is 11.3. The average molecular weight is 343 g/mol. The zero-order chi connectivity index (χ0) is 13.5. The van der Waals surface area contributed by atoms with E-state index in [2.05, 4.69) is 15.9 Å². The van der Waals surface area contributed by atoms with Crippen molar-refractivity contribution < 1.29 is 18.0 Å². The third-order valence-corrected chi connectivity index (χ3v) is 3.42. The van der Waals surface area contributed by atoms with Crippen molar-refractivity contribution >= 4 is 39.1 Å². The number of hydrogen-bond acceptors (Lipinski definition) is 1. The first-order valence-electron chi connectivity index (χ1n) is 5.10. The molecule has 2 rings (SSSR count). The van der Waals surface area contributed by atoms with Crippen LogP contribution in [0.1, 0.15) is 12.0 Å². The highest BCUT2D eigenvalue weighted by atomic mass is 79.9. The van der Waals surface area contributed by atoms with Crippen LogP contribution < -0.4 is 4.90 Å². The molecule has 1 aromatic carbocycles. The monoisotopic (exact) mass is 341 g/mol. The zero-order valence-electron chi connectivity index (χ0n) is 8.97. The Hall–Kier alpha value is -0.750. The molecule has 2 nitrogen and oxygen atoms in total. The minimum atomic E-state index is -4.51. The fourth-order valence-electron chi connectivity index (χ4n) is 1.87. The molecule has 0 saturated carbocycles. The van der Waals surface area contributed by atoms with Crippen LogP contribution in [0, 0.1) is 0 Å². The van der Waals surface area contributed by atoms with Crippen LogP contribution in [0.2, 0.25) is 0 Å². The lowest BCUT2D eigenvalue weighted by molar-refractivity contribution is -0.137. The Balaban J connectivity index is 2.48. The molecule has 0 spiro atoms. The molecule has 1 aliphatic rings. The number of anilines is 1. The maximum Gasteiger partial charge on any atom is 0.418 e. The van der Waals surface area contributed by atoms with Gasteiger partial charge in [-0.2, -0.15) is 13.2 Å². The van der Waals surface area contributed by atoms with Gasteiger partial charge in [-0.3, -0.25) is 4.79 Å². The molecule has 1 aromatic rings. The van der Waals surface area contributed by atoms with E-state index in [-0.39, 0.29) is 24.6 Å². The van der Waals surface area contributed by atoms with Crippen molar-refractivity contribution in [2.24, 2.45) is 0 Å². The van der Waals surface area contributed by atoms with E-state index in [1.165, 1.54) is 12.1 Å². The van der Waals surface area contributed by atoms with E-state index in [4.69, 9.17) is 11.6 Å². The van der Waals surface area contributed by atoms with E-state index < -0.39 is 17.1 Å². The number of halogens is 5. The summed E-state index contributed by atoms with van der Waals surface area (Å²) in [6.07, 6.45) is -4.45. The van der Waals surface area contributed by atoms with Crippen molar-refractivity contribution in [2.45, 2.75) is 18.0 Å². The molecule has 18 heavy (non-hydrogen) atoms. The molecule has 0 bridgehead atoms. The van der Waals surface area contributed by atoms with Crippen molar-refractivity contribution in [1.82, 2.24) is 0 Å². The Labute approximate surface area is 115 Å². The van der Waals surface area contributed by atoms with Gasteiger partial charge in [-0.1, -0.05) is 15.9 Å². The fourth-order valence-corrected chi connectivity index (χ4v) is 2.50. The van der Waals surface area contributed by atoms with E-state index in [1.54, 1.807) is 0 Å². The number of carbonyl (C=O) groups excluding carboxylic acids is 1. The van der Waals surface area contributed by atoms with Crippen molar-refractivity contribution in [3.63, 3.8) is 0 Å². The van der Waals surface area contributed by atoms with Gasteiger partial charge >= 0.3 is 6.18 Å². The smallest absolute Gasteiger partial charge is 0.310 e. The van der Waals surface area contributed by atoms with E-state index in [9.17, 15) is 18.0 Å². The van der Waals surface area contributed by atoms with Crippen LogP contribution in [-0.4, -0.2) is 17.8 Å². The molecular formula is C11H8BrClF3NO. The molecule has 0 radical (unpaired) electrons. The molecule has 1 unspecified atom stereocenters. The molecule has 7 heteroatoms. The largest absolute Gasteiger partial charge is 0.418 e. The van der Waals surface area contributed by atoms with Crippen LogP contribution in [0.4, 0.5) is 18.9 Å². The minimum Gasteiger partial charge on any atom is -0.310 e. The van der Waals surface area contributed by atoms with Gasteiger partial charge in [0.1, 0.15) is 0 Å². The lowest BCUT2D eigenvalue weighted by Crippen LogP contribution is -2.27. The number of hydrogen-bond donors (Lipinski definition) is 0. The van der Waals surface area contributed by atoms with Gasteiger partial charge in [0.2, 0.25) is 5.91 Å². The summed E-state index contributed by atoms with van der Waals surface area (Å²) in [5.74, 6) is -0.386. The number of benzene rings is 1. The van der Waals surface area contributed by atoms with Crippen LogP contribution in [0.3, 0.4) is 0 Å². The van der Waals surface area contributed by atoms with Crippen LogP contribution in [0.25, 0.3) is 0 Å². The Morgan fingerprint density at radius 3 is 2.56 bits per heavy atom. The highest BCUT2D eigenvalue weighted by Gasteiger charge is 2.38. The predicted octanol–water partition coefficient (Wildman–Crippen LogP) is 3.81. The molecule has 1 aliphatic heterocycles. The molecular weight excluding hydrogens is 334 g/mol. The molecule has 0 aromatic heterocycles. The number of amides is 1. The highest BCUT2D eigenvalue weighted by Crippen LogP contribution is 2.39. The van der Waals surface area contributed by atoms with Crippen molar-refractivity contribution in [3.05, 3.63) is 28.2 Å². The molecule has 0 N–H and O–H groups in total. The minimum absolute atomic E-state index is 0.0644. The standard InChI is InChI=1S/C11H8BrClF3NO/c12-6-1-2-9(8(3-6)11(14,15)16)17-5-7(13)4-10(17)18/h1-3,7H,4-5H2. The fraction of sp³-hybridized carbons (Fsp3) is 0.364. The molecule has 1 atom stereocenters. The average Bonchev–Trinajstić information content (AvgIpc) is 2.56. The van der Waals surface area contributed by atoms with Gasteiger partial charge < -0.3 is 4.90 Å². The number of carbonyl (C=O) groups is 1. The summed E-state index contributed by atoms with van der Waals surface area (Å²) in [6.45, 7) is 0.102. The van der Waals surface area contributed by atoms with Gasteiger partial charge in [-0.15, -0.1) is 11.6 Å². The van der Waals surface area contributed by atoms with Crippen molar-refractivity contribution in [1.29, 1.82) is 0 Å². The Morgan fingerprint density at radius 1 is 1.39 bits per heavy atom. The van der Waals surface area contributed by atoms with Crippen molar-refractivity contribution in [2.75, 3.05) is 11.4 Å². The summed E-state index contributed by atoms with van der Waals surface area (Å²) < 4.78 is 39.1. The Morgan fingerprint density at radius 2 is 2.06 bits per heavy atom. The molecule has 98 valence electrons. The van der Waals surface area contributed by atoms with Crippen LogP contribution in [0.5, 0.6) is 0 Å². The first-order valence-corrected chi connectivity index (χ1v) is 6.33. The summed E-state index contributed by atoms with van der Waals surface area (Å²) in [5.41, 5.74) is -0.977. The van der Waals surface area contributed by atoms with E-state index in [0.29, 0.717) is 4.47 Å². The van der Waals surface area contributed by atoms with E-state index >= 15 is 0 Å². The quantitative estimate of drug-likeness (QED) is 0.711. The van der Waals surface area contributed by atoms with Gasteiger partial charge in [-0.05, 0) is 18.2 Å². The summed E-state index contributed by atoms with van der Waals surface area (Å²) in [4.78, 5) is 12.7. The maximum absolute atomic E-state index is 12.9. The summed E-state index contributed by atoms with van der Waals surface area (Å²) in [5, 5.41) is -0.442. The third-order valence-electron chi connectivity index (χ3n) is 2.63. The van der Waals surface area contributed by atoms with Crippen molar-refractivity contribution in [3.8, 4) is 0 Å². The SMILES string of the molecule is O=C1CC(Cl)CN1c1ccc(Br)cc1C(F)(F)F. The number of rotatable bonds is 1. The topological polar surface area (TPSA) is 20.3 Å². The molecule has 1 saturated heterocycles. The lowest BCUT2D eigenvalue weighted by Gasteiger charge is -2.21. The predicted molar refractivity (Wildman–Crippen MR) is 65.8 cm³/mol. The third kappa shape index (κ3) is 2.64. The Kier molecular flexibility index (Phi) is 3.60. The van der Waals surface area contributed by atoms with Gasteiger partial charge in [-0.25, -0.2) is 0 Å². The van der Waals surface area contributed by atoms with Gasteiger partial charge in [0.15, 0.2) is 0 Å². The highest BCUT2D eigenvalue weighted by molar-refractivity contribution is 9.10. The maximum atomic E-state index is 12.9. The second kappa shape index (κ2) is 4.74. The second-order valence-corrected chi connectivity index (χ2v) is 5.50. The number of nitrogens with zero attached hydrogens (tertiary/aromatic N) is 1. The first kappa shape index (κ1) is 13.7.